The van der Waals surface area contributed by atoms with Crippen molar-refractivity contribution in [3.05, 3.63) is 35.2 Å². The normalized spacial score (nSPS) is 17.4. The van der Waals surface area contributed by atoms with Crippen LogP contribution in [0.3, 0.4) is 0 Å². The number of hydrogen-bond donors (Lipinski definition) is 0. The fraction of sp³-hybridized carbons (Fsp3) is 0.471. The van der Waals surface area contributed by atoms with E-state index >= 15 is 0 Å². The number of aromatic nitrogens is 1. The molecule has 0 N–H and O–H groups in total. The molecule has 1 aromatic carbocycles. The minimum absolute atomic E-state index is 0.194. The summed E-state index contributed by atoms with van der Waals surface area (Å²) in [6.45, 7) is 2.48. The molecule has 2 aromatic rings. The van der Waals surface area contributed by atoms with Crippen LogP contribution >= 0.6 is 0 Å². The topological polar surface area (TPSA) is 78.6 Å². The highest BCUT2D eigenvalue weighted by Crippen LogP contribution is 2.32. The van der Waals surface area contributed by atoms with Crippen molar-refractivity contribution in [3.8, 4) is 11.5 Å². The number of rotatable bonds is 5. The van der Waals surface area contributed by atoms with Crippen LogP contribution in [-0.4, -0.2) is 26.9 Å². The summed E-state index contributed by atoms with van der Waals surface area (Å²) in [6.07, 6.45) is 4.13. The monoisotopic (exact) mass is 351 g/mol. The molecule has 1 atom stereocenters. The third-order valence-corrected chi connectivity index (χ3v) is 5.41. The van der Waals surface area contributed by atoms with Crippen LogP contribution in [0.4, 0.5) is 0 Å². The average molecular weight is 351 g/mol. The van der Waals surface area contributed by atoms with Crippen molar-refractivity contribution in [2.45, 2.75) is 37.7 Å². The summed E-state index contributed by atoms with van der Waals surface area (Å²) >= 11 is 0. The van der Waals surface area contributed by atoms with Crippen molar-refractivity contribution in [3.63, 3.8) is 0 Å². The van der Waals surface area contributed by atoms with Gasteiger partial charge in [-0.1, -0.05) is 12.1 Å². The van der Waals surface area contributed by atoms with Crippen molar-refractivity contribution >= 4 is 9.84 Å². The van der Waals surface area contributed by atoms with E-state index in [2.05, 4.69) is 12.1 Å². The van der Waals surface area contributed by atoms with E-state index in [1.54, 1.807) is 6.07 Å². The molecule has 0 saturated heterocycles. The van der Waals surface area contributed by atoms with Crippen molar-refractivity contribution in [1.82, 2.24) is 5.16 Å². The Balaban J connectivity index is 1.79. The maximum Gasteiger partial charge on any atom is 0.175 e. The highest BCUT2D eigenvalue weighted by Gasteiger charge is 2.24. The van der Waals surface area contributed by atoms with Gasteiger partial charge in [0.25, 0.3) is 0 Å². The van der Waals surface area contributed by atoms with Gasteiger partial charge in [0.1, 0.15) is 18.1 Å². The van der Waals surface area contributed by atoms with Gasteiger partial charge in [0.15, 0.2) is 21.3 Å². The quantitative estimate of drug-likeness (QED) is 0.824. The largest absolute Gasteiger partial charge is 0.493 e. The summed E-state index contributed by atoms with van der Waals surface area (Å²) in [7, 11) is -1.81. The first-order valence-electron chi connectivity index (χ1n) is 7.85. The number of aryl methyl sites for hydroxylation is 1. The molecule has 1 aliphatic carbocycles. The fourth-order valence-electron chi connectivity index (χ4n) is 2.89. The highest BCUT2D eigenvalue weighted by molar-refractivity contribution is 7.90. The molecule has 1 heterocycles. The van der Waals surface area contributed by atoms with Gasteiger partial charge in [0, 0.05) is 24.3 Å². The van der Waals surface area contributed by atoms with E-state index in [-0.39, 0.29) is 11.5 Å². The van der Waals surface area contributed by atoms with Crippen LogP contribution in [0.25, 0.3) is 0 Å². The van der Waals surface area contributed by atoms with E-state index in [1.165, 1.54) is 19.2 Å². The van der Waals surface area contributed by atoms with Crippen LogP contribution < -0.4 is 9.47 Å². The number of methoxy groups -OCH3 is 1. The second-order valence-corrected chi connectivity index (χ2v) is 8.27. The van der Waals surface area contributed by atoms with Gasteiger partial charge in [0.2, 0.25) is 0 Å². The molecular formula is C17H21NO5S. The van der Waals surface area contributed by atoms with E-state index in [4.69, 9.17) is 14.0 Å². The first kappa shape index (κ1) is 16.8. The third kappa shape index (κ3) is 3.40. The second-order valence-electron chi connectivity index (χ2n) is 6.25. The number of benzene rings is 1. The first-order valence-corrected chi connectivity index (χ1v) is 9.75. The van der Waals surface area contributed by atoms with Gasteiger partial charge in [-0.25, -0.2) is 8.42 Å². The SMILES string of the molecule is COc1cc(S(C)(=O)=O)ccc1OCc1noc2c1CC(C)CC2. The Bertz CT molecular complexity index is 841. The zero-order valence-corrected chi connectivity index (χ0v) is 14.9. The molecule has 6 nitrogen and oxygen atoms in total. The second kappa shape index (κ2) is 6.47. The molecule has 3 rings (SSSR count). The van der Waals surface area contributed by atoms with Crippen molar-refractivity contribution in [1.29, 1.82) is 0 Å². The van der Waals surface area contributed by atoms with Crippen LogP contribution in [0.1, 0.15) is 30.4 Å². The van der Waals surface area contributed by atoms with E-state index in [9.17, 15) is 8.42 Å². The molecule has 0 bridgehead atoms. The van der Waals surface area contributed by atoms with E-state index in [0.29, 0.717) is 17.4 Å². The molecule has 24 heavy (non-hydrogen) atoms. The summed E-state index contributed by atoms with van der Waals surface area (Å²) in [4.78, 5) is 0.194. The molecule has 0 saturated carbocycles. The lowest BCUT2D eigenvalue weighted by Crippen LogP contribution is -2.11. The molecule has 1 aromatic heterocycles. The number of nitrogens with zero attached hydrogens (tertiary/aromatic N) is 1. The minimum Gasteiger partial charge on any atom is -0.493 e. The van der Waals surface area contributed by atoms with Crippen LogP contribution in [0.5, 0.6) is 11.5 Å². The molecular weight excluding hydrogens is 330 g/mol. The summed E-state index contributed by atoms with van der Waals surface area (Å²) in [5.41, 5.74) is 1.94. The van der Waals surface area contributed by atoms with Crippen molar-refractivity contribution < 1.29 is 22.4 Å². The predicted molar refractivity (Wildman–Crippen MR) is 88.1 cm³/mol. The predicted octanol–water partition coefficient (Wildman–Crippen LogP) is 2.79. The van der Waals surface area contributed by atoms with Gasteiger partial charge < -0.3 is 14.0 Å². The molecule has 1 aliphatic rings. The lowest BCUT2D eigenvalue weighted by Gasteiger charge is -2.17. The molecule has 0 spiro atoms. The van der Waals surface area contributed by atoms with E-state index < -0.39 is 9.84 Å². The van der Waals surface area contributed by atoms with Crippen LogP contribution in [-0.2, 0) is 29.3 Å². The zero-order chi connectivity index (χ0) is 17.3. The summed E-state index contributed by atoms with van der Waals surface area (Å²) in [5.74, 6) is 2.42. The lowest BCUT2D eigenvalue weighted by atomic mass is 9.88. The standard InChI is InChI=1S/C17H21NO5S/c1-11-4-6-15-13(8-11)14(18-23-15)10-22-16-7-5-12(24(3,19)20)9-17(16)21-2/h5,7,9,11H,4,6,8,10H2,1-3H3. The Labute approximate surface area is 141 Å². The molecule has 7 heteroatoms. The smallest absolute Gasteiger partial charge is 0.175 e. The summed E-state index contributed by atoms with van der Waals surface area (Å²) in [6, 6.07) is 4.57. The Morgan fingerprint density at radius 1 is 1.33 bits per heavy atom. The van der Waals surface area contributed by atoms with Crippen molar-refractivity contribution in [2.24, 2.45) is 5.92 Å². The van der Waals surface area contributed by atoms with Crippen LogP contribution in [0, 0.1) is 5.92 Å². The Kier molecular flexibility index (Phi) is 4.54. The molecule has 0 aliphatic heterocycles. The maximum atomic E-state index is 11.6. The fourth-order valence-corrected chi connectivity index (χ4v) is 3.53. The minimum atomic E-state index is -3.29. The average Bonchev–Trinajstić information content (AvgIpc) is 2.94. The first-order chi connectivity index (χ1) is 11.4. The third-order valence-electron chi connectivity index (χ3n) is 4.30. The van der Waals surface area contributed by atoms with Crippen LogP contribution in [0.15, 0.2) is 27.6 Å². The molecule has 0 radical (unpaired) electrons. The van der Waals surface area contributed by atoms with Gasteiger partial charge in [-0.2, -0.15) is 0 Å². The molecule has 0 amide bonds. The Hall–Kier alpha value is -2.02. The van der Waals surface area contributed by atoms with Gasteiger partial charge in [-0.05, 0) is 30.9 Å². The van der Waals surface area contributed by atoms with Gasteiger partial charge in [-0.15, -0.1) is 0 Å². The van der Waals surface area contributed by atoms with Gasteiger partial charge in [-0.3, -0.25) is 0 Å². The lowest BCUT2D eigenvalue weighted by molar-refractivity contribution is 0.270. The van der Waals surface area contributed by atoms with Gasteiger partial charge >= 0.3 is 0 Å². The van der Waals surface area contributed by atoms with E-state index in [1.807, 2.05) is 0 Å². The van der Waals surface area contributed by atoms with Crippen molar-refractivity contribution in [2.75, 3.05) is 13.4 Å². The number of fused-ring (bicyclic) bond motifs is 1. The van der Waals surface area contributed by atoms with E-state index in [0.717, 1.165) is 42.5 Å². The molecule has 130 valence electrons. The molecule has 1 unspecified atom stereocenters. The summed E-state index contributed by atoms with van der Waals surface area (Å²) < 4.78 is 39.7. The van der Waals surface area contributed by atoms with Crippen LogP contribution in [0.2, 0.25) is 0 Å². The zero-order valence-electron chi connectivity index (χ0n) is 14.0. The Morgan fingerprint density at radius 2 is 2.12 bits per heavy atom. The van der Waals surface area contributed by atoms with Gasteiger partial charge in [0.05, 0.1) is 12.0 Å². The highest BCUT2D eigenvalue weighted by atomic mass is 32.2. The number of ether oxygens (including phenoxy) is 2. The number of sulfone groups is 1. The summed E-state index contributed by atoms with van der Waals surface area (Å²) in [5, 5.41) is 4.12. The number of hydrogen-bond acceptors (Lipinski definition) is 6. The maximum absolute atomic E-state index is 11.6. The molecule has 0 fully saturated rings. The Morgan fingerprint density at radius 3 is 2.83 bits per heavy atom.